The molecule has 6 heteroatoms. The molecule has 3 rings (SSSR count). The van der Waals surface area contributed by atoms with Crippen molar-refractivity contribution in [2.24, 2.45) is 0 Å². The minimum absolute atomic E-state index is 0.0137. The second-order valence-electron chi connectivity index (χ2n) is 6.42. The molecule has 1 unspecified atom stereocenters. The first-order valence-electron chi connectivity index (χ1n) is 8.62. The molecule has 2 aliphatic rings. The SMILES string of the molecule is CCOC1CC(N(C)CC(=O)NCC2COc3ccccc3O2)C1. The van der Waals surface area contributed by atoms with E-state index >= 15 is 0 Å². The molecule has 0 radical (unpaired) electrons. The zero-order valence-corrected chi connectivity index (χ0v) is 14.4. The summed E-state index contributed by atoms with van der Waals surface area (Å²) < 4.78 is 17.0. The maximum Gasteiger partial charge on any atom is 0.234 e. The van der Waals surface area contributed by atoms with E-state index in [0.717, 1.165) is 30.9 Å². The Bertz CT molecular complexity index is 560. The highest BCUT2D eigenvalue weighted by atomic mass is 16.6. The summed E-state index contributed by atoms with van der Waals surface area (Å²) in [6.45, 7) is 4.07. The van der Waals surface area contributed by atoms with Crippen LogP contribution in [0.4, 0.5) is 0 Å². The average molecular weight is 334 g/mol. The Balaban J connectivity index is 1.36. The zero-order chi connectivity index (χ0) is 16.9. The van der Waals surface area contributed by atoms with Crippen molar-refractivity contribution in [2.45, 2.75) is 38.0 Å². The number of likely N-dealkylation sites (N-methyl/N-ethyl adjacent to an activating group) is 1. The van der Waals surface area contributed by atoms with Crippen molar-refractivity contribution in [3.05, 3.63) is 24.3 Å². The molecule has 24 heavy (non-hydrogen) atoms. The van der Waals surface area contributed by atoms with Crippen LogP contribution in [0.5, 0.6) is 11.5 Å². The van der Waals surface area contributed by atoms with E-state index in [1.54, 1.807) is 0 Å². The molecule has 132 valence electrons. The lowest BCUT2D eigenvalue weighted by Gasteiger charge is -2.40. The first-order valence-corrected chi connectivity index (χ1v) is 8.62. The summed E-state index contributed by atoms with van der Waals surface area (Å²) in [5, 5.41) is 2.94. The molecule has 1 heterocycles. The standard InChI is InChI=1S/C18H26N2O4/c1-3-22-14-8-13(9-14)20(2)11-18(21)19-10-15-12-23-16-6-4-5-7-17(16)24-15/h4-7,13-15H,3,8-12H2,1-2H3,(H,19,21). The minimum atomic E-state index is -0.153. The maximum atomic E-state index is 12.1. The average Bonchev–Trinajstić information content (AvgIpc) is 2.55. The first-order chi connectivity index (χ1) is 11.7. The summed E-state index contributed by atoms with van der Waals surface area (Å²) >= 11 is 0. The van der Waals surface area contributed by atoms with Gasteiger partial charge in [-0.1, -0.05) is 12.1 Å². The Morgan fingerprint density at radius 1 is 1.33 bits per heavy atom. The molecule has 1 aromatic rings. The summed E-state index contributed by atoms with van der Waals surface area (Å²) in [6, 6.07) is 8.02. The number of carbonyl (C=O) groups excluding carboxylic acids is 1. The Labute approximate surface area is 143 Å². The van der Waals surface area contributed by atoms with Crippen LogP contribution in [0.25, 0.3) is 0 Å². The van der Waals surface area contributed by atoms with Crippen molar-refractivity contribution >= 4 is 5.91 Å². The van der Waals surface area contributed by atoms with Crippen molar-refractivity contribution in [3.8, 4) is 11.5 Å². The lowest BCUT2D eigenvalue weighted by molar-refractivity contribution is -0.124. The molecule has 1 atom stereocenters. The van der Waals surface area contributed by atoms with Gasteiger partial charge in [0.25, 0.3) is 0 Å². The van der Waals surface area contributed by atoms with E-state index in [2.05, 4.69) is 10.2 Å². The monoisotopic (exact) mass is 334 g/mol. The molecular weight excluding hydrogens is 308 g/mol. The number of ether oxygens (including phenoxy) is 3. The molecule has 1 saturated carbocycles. The van der Waals surface area contributed by atoms with Gasteiger partial charge >= 0.3 is 0 Å². The van der Waals surface area contributed by atoms with Crippen LogP contribution in [0.1, 0.15) is 19.8 Å². The van der Waals surface area contributed by atoms with Crippen LogP contribution in [0, 0.1) is 0 Å². The van der Waals surface area contributed by atoms with Gasteiger partial charge in [0.15, 0.2) is 11.5 Å². The molecule has 0 bridgehead atoms. The highest BCUT2D eigenvalue weighted by Gasteiger charge is 2.33. The number of carbonyl (C=O) groups is 1. The van der Waals surface area contributed by atoms with E-state index in [-0.39, 0.29) is 12.0 Å². The second kappa shape index (κ2) is 7.85. The number of para-hydroxylation sites is 2. The number of rotatable bonds is 7. The molecule has 1 aliphatic carbocycles. The normalized spacial score (nSPS) is 25.2. The topological polar surface area (TPSA) is 60.0 Å². The highest BCUT2D eigenvalue weighted by Crippen LogP contribution is 2.30. The molecule has 0 saturated heterocycles. The van der Waals surface area contributed by atoms with E-state index in [4.69, 9.17) is 14.2 Å². The Hall–Kier alpha value is -1.79. The van der Waals surface area contributed by atoms with Gasteiger partial charge in [0.1, 0.15) is 12.7 Å². The number of hydrogen-bond acceptors (Lipinski definition) is 5. The number of amides is 1. The molecule has 0 aromatic heterocycles. The maximum absolute atomic E-state index is 12.1. The third kappa shape index (κ3) is 4.19. The molecule has 1 fully saturated rings. The van der Waals surface area contributed by atoms with Crippen molar-refractivity contribution < 1.29 is 19.0 Å². The summed E-state index contributed by atoms with van der Waals surface area (Å²) in [5.41, 5.74) is 0. The third-order valence-electron chi connectivity index (χ3n) is 4.58. The molecule has 1 aromatic carbocycles. The third-order valence-corrected chi connectivity index (χ3v) is 4.58. The summed E-state index contributed by atoms with van der Waals surface area (Å²) in [6.07, 6.45) is 2.22. The van der Waals surface area contributed by atoms with Gasteiger partial charge in [-0.05, 0) is 38.9 Å². The fourth-order valence-corrected chi connectivity index (χ4v) is 3.07. The number of hydrogen-bond donors (Lipinski definition) is 1. The van der Waals surface area contributed by atoms with Crippen LogP contribution < -0.4 is 14.8 Å². The molecule has 1 N–H and O–H groups in total. The van der Waals surface area contributed by atoms with Gasteiger partial charge in [-0.15, -0.1) is 0 Å². The van der Waals surface area contributed by atoms with Gasteiger partial charge in [-0.3, -0.25) is 9.69 Å². The van der Waals surface area contributed by atoms with E-state index < -0.39 is 0 Å². The van der Waals surface area contributed by atoms with Crippen molar-refractivity contribution in [2.75, 3.05) is 33.4 Å². The summed E-state index contributed by atoms with van der Waals surface area (Å²) in [7, 11) is 1.99. The number of nitrogens with one attached hydrogen (secondary N) is 1. The second-order valence-corrected chi connectivity index (χ2v) is 6.42. The van der Waals surface area contributed by atoms with Crippen LogP contribution in [-0.4, -0.2) is 62.4 Å². The lowest BCUT2D eigenvalue weighted by Crippen LogP contribution is -2.50. The summed E-state index contributed by atoms with van der Waals surface area (Å²) in [5.74, 6) is 1.50. The van der Waals surface area contributed by atoms with Crippen molar-refractivity contribution in [1.29, 1.82) is 0 Å². The van der Waals surface area contributed by atoms with Crippen LogP contribution >= 0.6 is 0 Å². The minimum Gasteiger partial charge on any atom is -0.486 e. The van der Waals surface area contributed by atoms with E-state index in [1.807, 2.05) is 38.2 Å². The van der Waals surface area contributed by atoms with Gasteiger partial charge in [0.2, 0.25) is 5.91 Å². The van der Waals surface area contributed by atoms with Crippen LogP contribution in [0.15, 0.2) is 24.3 Å². The number of fused-ring (bicyclic) bond motifs is 1. The molecule has 1 aliphatic heterocycles. The van der Waals surface area contributed by atoms with Gasteiger partial charge in [-0.25, -0.2) is 0 Å². The molecule has 6 nitrogen and oxygen atoms in total. The Kier molecular flexibility index (Phi) is 5.58. The smallest absolute Gasteiger partial charge is 0.234 e. The van der Waals surface area contributed by atoms with E-state index in [9.17, 15) is 4.79 Å². The molecule has 0 spiro atoms. The van der Waals surface area contributed by atoms with Crippen LogP contribution in [0.3, 0.4) is 0 Å². The van der Waals surface area contributed by atoms with E-state index in [1.165, 1.54) is 0 Å². The highest BCUT2D eigenvalue weighted by molar-refractivity contribution is 5.78. The molecular formula is C18H26N2O4. The fourth-order valence-electron chi connectivity index (χ4n) is 3.07. The van der Waals surface area contributed by atoms with Crippen molar-refractivity contribution in [1.82, 2.24) is 10.2 Å². The molecule has 1 amide bonds. The quantitative estimate of drug-likeness (QED) is 0.818. The first kappa shape index (κ1) is 17.0. The van der Waals surface area contributed by atoms with Crippen molar-refractivity contribution in [3.63, 3.8) is 0 Å². The number of benzene rings is 1. The Morgan fingerprint density at radius 2 is 2.08 bits per heavy atom. The number of nitrogens with zero attached hydrogens (tertiary/aromatic N) is 1. The van der Waals surface area contributed by atoms with Crippen LogP contribution in [-0.2, 0) is 9.53 Å². The van der Waals surface area contributed by atoms with E-state index in [0.29, 0.717) is 31.8 Å². The predicted octanol–water partition coefficient (Wildman–Crippen LogP) is 1.44. The van der Waals surface area contributed by atoms with Gasteiger partial charge < -0.3 is 19.5 Å². The van der Waals surface area contributed by atoms with Gasteiger partial charge in [-0.2, -0.15) is 0 Å². The Morgan fingerprint density at radius 3 is 2.83 bits per heavy atom. The lowest BCUT2D eigenvalue weighted by atomic mass is 9.88. The summed E-state index contributed by atoms with van der Waals surface area (Å²) in [4.78, 5) is 14.2. The van der Waals surface area contributed by atoms with Crippen LogP contribution in [0.2, 0.25) is 0 Å². The predicted molar refractivity (Wildman–Crippen MR) is 90.4 cm³/mol. The fraction of sp³-hybridized carbons (Fsp3) is 0.611. The van der Waals surface area contributed by atoms with Gasteiger partial charge in [0.05, 0.1) is 19.2 Å². The largest absolute Gasteiger partial charge is 0.486 e. The van der Waals surface area contributed by atoms with Gasteiger partial charge in [0, 0.05) is 12.6 Å². The zero-order valence-electron chi connectivity index (χ0n) is 14.4.